The van der Waals surface area contributed by atoms with Crippen LogP contribution in [0.5, 0.6) is 5.75 Å². The summed E-state index contributed by atoms with van der Waals surface area (Å²) in [7, 11) is 1.43. The van der Waals surface area contributed by atoms with Gasteiger partial charge in [0, 0.05) is 19.6 Å². The highest BCUT2D eigenvalue weighted by Crippen LogP contribution is 2.65. The van der Waals surface area contributed by atoms with Crippen LogP contribution in [0.4, 0.5) is 5.69 Å². The summed E-state index contributed by atoms with van der Waals surface area (Å²) < 4.78 is 12.9. The fraction of sp³-hybridized carbons (Fsp3) is 0.593. The van der Waals surface area contributed by atoms with Crippen LogP contribution in [0.3, 0.4) is 0 Å². The standard InChI is InChI=1S/C27H31N3O6/c1-23(2)11-9-14-16(36-23)8-7-15-18(14)30(34)19-24(3,4)17-13-25-10-6-12-29(25)22(32)26(17,28-21(25)31)20(35-5)27(15,19)33/h7-9,11,17,20,33H,6,10,12-13H2,1-5H3,(H,28,31)/t17-,20+,25-,26+,27-/m0/s1. The molecule has 7 aliphatic rings. The number of nitrogens with zero attached hydrogens (tertiary/aromatic N) is 2. The zero-order valence-corrected chi connectivity index (χ0v) is 21.2. The SMILES string of the molecule is CO[C@@H]1[C@@]23NC(=O)[C@]4(CCCN4C2=O)C[C@H]3C(C)(C)C2=[N+]([O-])c3c(ccc4c3C=CC(C)(C)O4)[C@]21O. The van der Waals surface area contributed by atoms with Gasteiger partial charge in [0.05, 0.1) is 16.5 Å². The second-order valence-electron chi connectivity index (χ2n) is 12.3. The van der Waals surface area contributed by atoms with Gasteiger partial charge in [-0.3, -0.25) is 9.59 Å². The Labute approximate surface area is 209 Å². The van der Waals surface area contributed by atoms with Crippen molar-refractivity contribution < 1.29 is 28.9 Å². The first-order chi connectivity index (χ1) is 16.9. The first kappa shape index (κ1) is 22.3. The van der Waals surface area contributed by atoms with Crippen molar-refractivity contribution in [1.82, 2.24) is 10.2 Å². The lowest BCUT2D eigenvalue weighted by Crippen LogP contribution is -2.90. The van der Waals surface area contributed by atoms with E-state index in [2.05, 4.69) is 5.32 Å². The molecule has 9 heteroatoms. The second kappa shape index (κ2) is 6.14. The predicted molar refractivity (Wildman–Crippen MR) is 130 cm³/mol. The van der Waals surface area contributed by atoms with Crippen LogP contribution < -0.4 is 10.1 Å². The monoisotopic (exact) mass is 493 g/mol. The molecule has 9 nitrogen and oxygen atoms in total. The van der Waals surface area contributed by atoms with Crippen LogP contribution in [0.1, 0.15) is 58.1 Å². The first-order valence-corrected chi connectivity index (χ1v) is 12.7. The van der Waals surface area contributed by atoms with Gasteiger partial charge in [-0.2, -0.15) is 4.74 Å². The molecule has 6 aliphatic heterocycles. The van der Waals surface area contributed by atoms with Crippen molar-refractivity contribution >= 4 is 29.3 Å². The van der Waals surface area contributed by atoms with Crippen molar-refractivity contribution in [2.45, 2.75) is 75.3 Å². The minimum atomic E-state index is -1.93. The molecule has 6 heterocycles. The van der Waals surface area contributed by atoms with Gasteiger partial charge in [-0.05, 0) is 71.2 Å². The lowest BCUT2D eigenvalue weighted by Gasteiger charge is -2.67. The van der Waals surface area contributed by atoms with Gasteiger partial charge in [-0.15, -0.1) is 0 Å². The molecule has 2 amide bonds. The Morgan fingerprint density at radius 1 is 1.25 bits per heavy atom. The zero-order chi connectivity index (χ0) is 25.6. The van der Waals surface area contributed by atoms with E-state index in [9.17, 15) is 19.9 Å². The number of methoxy groups -OCH3 is 1. The molecule has 2 spiro atoms. The first-order valence-electron chi connectivity index (χ1n) is 12.7. The van der Waals surface area contributed by atoms with Crippen LogP contribution in [0.2, 0.25) is 0 Å². The average molecular weight is 494 g/mol. The topological polar surface area (TPSA) is 114 Å². The maximum Gasteiger partial charge on any atom is 0.252 e. The van der Waals surface area contributed by atoms with Crippen LogP contribution in [0, 0.1) is 16.5 Å². The summed E-state index contributed by atoms with van der Waals surface area (Å²) in [5, 5.41) is 29.9. The van der Waals surface area contributed by atoms with Gasteiger partial charge in [0.1, 0.15) is 23.0 Å². The van der Waals surface area contributed by atoms with Crippen LogP contribution in [-0.2, 0) is 19.9 Å². The molecule has 1 aromatic carbocycles. The molecule has 4 saturated heterocycles. The third-order valence-corrected chi connectivity index (χ3v) is 9.81. The summed E-state index contributed by atoms with van der Waals surface area (Å²) in [5.74, 6) is -0.298. The molecule has 0 unspecified atom stereocenters. The van der Waals surface area contributed by atoms with E-state index in [-0.39, 0.29) is 17.5 Å². The number of ether oxygens (including phenoxy) is 2. The normalized spacial score (nSPS) is 40.2. The molecule has 5 atom stereocenters. The van der Waals surface area contributed by atoms with Crippen LogP contribution in [0.15, 0.2) is 18.2 Å². The zero-order valence-electron chi connectivity index (χ0n) is 21.2. The Morgan fingerprint density at radius 3 is 2.72 bits per heavy atom. The van der Waals surface area contributed by atoms with Crippen molar-refractivity contribution in [2.24, 2.45) is 11.3 Å². The Balaban J connectivity index is 1.52. The summed E-state index contributed by atoms with van der Waals surface area (Å²) in [6.45, 7) is 8.17. The highest BCUT2D eigenvalue weighted by molar-refractivity contribution is 6.10. The van der Waals surface area contributed by atoms with Crippen LogP contribution >= 0.6 is 0 Å². The van der Waals surface area contributed by atoms with Crippen molar-refractivity contribution in [3.05, 3.63) is 34.5 Å². The van der Waals surface area contributed by atoms with E-state index >= 15 is 0 Å². The number of carbonyl (C=O) groups is 2. The molecular formula is C27H31N3O6. The van der Waals surface area contributed by atoms with Gasteiger partial charge in [0.2, 0.25) is 22.9 Å². The van der Waals surface area contributed by atoms with Gasteiger partial charge >= 0.3 is 0 Å². The Bertz CT molecular complexity index is 1350. The van der Waals surface area contributed by atoms with Gasteiger partial charge in [0.25, 0.3) is 5.91 Å². The molecular weight excluding hydrogens is 462 g/mol. The van der Waals surface area contributed by atoms with E-state index in [0.29, 0.717) is 42.0 Å². The summed E-state index contributed by atoms with van der Waals surface area (Å²) in [6, 6.07) is 3.45. The molecule has 2 bridgehead atoms. The van der Waals surface area contributed by atoms with Gasteiger partial charge in [0.15, 0.2) is 5.54 Å². The minimum absolute atomic E-state index is 0.193. The van der Waals surface area contributed by atoms with E-state index in [1.165, 1.54) is 7.11 Å². The maximum atomic E-state index is 14.2. The molecule has 36 heavy (non-hydrogen) atoms. The number of hydrogen-bond donors (Lipinski definition) is 2. The van der Waals surface area contributed by atoms with Crippen LogP contribution in [-0.4, -0.2) is 68.7 Å². The van der Waals surface area contributed by atoms with Crippen molar-refractivity contribution in [3.63, 3.8) is 0 Å². The fourth-order valence-corrected chi connectivity index (χ4v) is 8.45. The fourth-order valence-electron chi connectivity index (χ4n) is 8.45. The number of rotatable bonds is 1. The van der Waals surface area contributed by atoms with Gasteiger partial charge < -0.3 is 30.0 Å². The van der Waals surface area contributed by atoms with Crippen molar-refractivity contribution in [1.29, 1.82) is 0 Å². The molecule has 1 aromatic rings. The molecule has 5 fully saturated rings. The van der Waals surface area contributed by atoms with E-state index in [1.54, 1.807) is 17.0 Å². The van der Waals surface area contributed by atoms with Crippen molar-refractivity contribution in [2.75, 3.05) is 13.7 Å². The molecule has 1 saturated carbocycles. The highest BCUT2D eigenvalue weighted by atomic mass is 16.5. The lowest BCUT2D eigenvalue weighted by molar-refractivity contribution is -0.371. The van der Waals surface area contributed by atoms with E-state index < -0.39 is 39.7 Å². The maximum absolute atomic E-state index is 14.2. The molecule has 1 aliphatic carbocycles. The Morgan fingerprint density at radius 2 is 2.00 bits per heavy atom. The van der Waals surface area contributed by atoms with Crippen LogP contribution in [0.25, 0.3) is 6.08 Å². The molecule has 2 N–H and O–H groups in total. The third-order valence-electron chi connectivity index (χ3n) is 9.81. The number of amides is 2. The second-order valence-corrected chi connectivity index (χ2v) is 12.3. The summed E-state index contributed by atoms with van der Waals surface area (Å²) in [4.78, 5) is 29.5. The number of piperidine rings is 2. The Hall–Kier alpha value is -2.91. The summed E-state index contributed by atoms with van der Waals surface area (Å²) >= 11 is 0. The number of fused-ring (bicyclic) bond motifs is 6. The van der Waals surface area contributed by atoms with Gasteiger partial charge in [-0.1, -0.05) is 0 Å². The largest absolute Gasteiger partial charge is 0.618 e. The smallest absolute Gasteiger partial charge is 0.252 e. The summed E-state index contributed by atoms with van der Waals surface area (Å²) in [5.41, 5.74) is -4.30. The number of hydrogen-bond acceptors (Lipinski definition) is 6. The van der Waals surface area contributed by atoms with Gasteiger partial charge in [-0.25, -0.2) is 0 Å². The molecule has 0 aromatic heterocycles. The average Bonchev–Trinajstić information content (AvgIpc) is 3.33. The minimum Gasteiger partial charge on any atom is -0.618 e. The third kappa shape index (κ3) is 2.09. The van der Waals surface area contributed by atoms with E-state index in [1.807, 2.05) is 39.8 Å². The summed E-state index contributed by atoms with van der Waals surface area (Å²) in [6.07, 6.45) is 4.32. The molecule has 190 valence electrons. The lowest BCUT2D eigenvalue weighted by atomic mass is 9.46. The predicted octanol–water partition coefficient (Wildman–Crippen LogP) is 1.96. The number of aliphatic hydroxyl groups is 1. The van der Waals surface area contributed by atoms with Crippen molar-refractivity contribution in [3.8, 4) is 5.75 Å². The number of piperazine rings is 1. The molecule has 0 radical (unpaired) electrons. The molecule has 8 rings (SSSR count). The highest BCUT2D eigenvalue weighted by Gasteiger charge is 2.83. The quantitative estimate of drug-likeness (QED) is 0.457. The Kier molecular flexibility index (Phi) is 3.80. The van der Waals surface area contributed by atoms with E-state index in [4.69, 9.17) is 9.47 Å². The number of benzene rings is 1. The number of carbonyl (C=O) groups excluding carboxylic acids is 2. The van der Waals surface area contributed by atoms with E-state index in [0.717, 1.165) is 11.2 Å². The number of nitrogens with one attached hydrogen (secondary N) is 1.